The van der Waals surface area contributed by atoms with E-state index in [9.17, 15) is 9.59 Å². The number of carbonyl (C=O) groups is 2. The molecular formula is C20H24N4O2S. The zero-order valence-electron chi connectivity index (χ0n) is 15.1. The molecule has 1 fully saturated rings. The summed E-state index contributed by atoms with van der Waals surface area (Å²) in [5.41, 5.74) is 6.12. The van der Waals surface area contributed by atoms with Gasteiger partial charge in [0.25, 0.3) is 5.91 Å². The number of para-hydroxylation sites is 1. The predicted molar refractivity (Wildman–Crippen MR) is 109 cm³/mol. The molecular weight excluding hydrogens is 360 g/mol. The number of carbonyl (C=O) groups excluding carboxylic acids is 2. The van der Waals surface area contributed by atoms with E-state index < -0.39 is 0 Å². The van der Waals surface area contributed by atoms with Gasteiger partial charge < -0.3 is 4.90 Å². The third-order valence-electron chi connectivity index (χ3n) is 4.42. The van der Waals surface area contributed by atoms with Gasteiger partial charge in [-0.1, -0.05) is 24.3 Å². The van der Waals surface area contributed by atoms with Crippen LogP contribution in [0.15, 0.2) is 53.9 Å². The maximum Gasteiger partial charge on any atom is 0.262 e. The highest BCUT2D eigenvalue weighted by Crippen LogP contribution is 2.15. The number of nitrogens with zero attached hydrogens (tertiary/aromatic N) is 2. The third kappa shape index (κ3) is 6.23. The number of benzene rings is 1. The van der Waals surface area contributed by atoms with Gasteiger partial charge in [-0.3, -0.25) is 25.3 Å². The Morgan fingerprint density at radius 2 is 1.78 bits per heavy atom. The number of rotatable bonds is 6. The molecule has 1 aromatic carbocycles. The first-order valence-corrected chi connectivity index (χ1v) is 9.91. The normalized spacial score (nSPS) is 15.0. The second kappa shape index (κ2) is 9.89. The molecule has 27 heavy (non-hydrogen) atoms. The highest BCUT2D eigenvalue weighted by Gasteiger charge is 2.17. The van der Waals surface area contributed by atoms with Gasteiger partial charge in [0.05, 0.1) is 0 Å². The van der Waals surface area contributed by atoms with E-state index in [-0.39, 0.29) is 11.8 Å². The maximum absolute atomic E-state index is 11.9. The van der Waals surface area contributed by atoms with Crippen molar-refractivity contribution in [1.82, 2.24) is 15.8 Å². The van der Waals surface area contributed by atoms with Crippen molar-refractivity contribution in [1.29, 1.82) is 0 Å². The zero-order valence-corrected chi connectivity index (χ0v) is 16.0. The Morgan fingerprint density at radius 1 is 1.00 bits per heavy atom. The van der Waals surface area contributed by atoms with E-state index in [1.165, 1.54) is 11.8 Å². The molecule has 142 valence electrons. The zero-order chi connectivity index (χ0) is 18.9. The fraction of sp³-hybridized carbons (Fsp3) is 0.300. The van der Waals surface area contributed by atoms with Gasteiger partial charge in [0.15, 0.2) is 0 Å². The monoisotopic (exact) mass is 384 g/mol. The summed E-state index contributed by atoms with van der Waals surface area (Å²) in [6, 6.07) is 14.2. The Bertz CT molecular complexity index is 754. The van der Waals surface area contributed by atoms with Gasteiger partial charge in [0.2, 0.25) is 5.91 Å². The minimum Gasteiger partial charge on any atom is -0.369 e. The molecule has 2 aromatic rings. The summed E-state index contributed by atoms with van der Waals surface area (Å²) >= 11 is 1.55. The van der Waals surface area contributed by atoms with E-state index in [0.717, 1.165) is 31.1 Å². The third-order valence-corrected chi connectivity index (χ3v) is 5.25. The summed E-state index contributed by atoms with van der Waals surface area (Å²) in [6.07, 6.45) is 3.49. The van der Waals surface area contributed by atoms with Crippen LogP contribution in [-0.4, -0.2) is 49.4 Å². The average molecular weight is 385 g/mol. The first-order valence-electron chi connectivity index (χ1n) is 9.03. The van der Waals surface area contributed by atoms with Gasteiger partial charge in [-0.15, -0.1) is 11.3 Å². The first-order chi connectivity index (χ1) is 13.2. The molecule has 1 aliphatic rings. The highest BCUT2D eigenvalue weighted by molar-refractivity contribution is 7.10. The number of piperazine rings is 1. The summed E-state index contributed by atoms with van der Waals surface area (Å²) in [6.45, 7) is 4.46. The lowest BCUT2D eigenvalue weighted by atomic mass is 10.2. The van der Waals surface area contributed by atoms with Crippen molar-refractivity contribution >= 4 is 34.9 Å². The van der Waals surface area contributed by atoms with Crippen LogP contribution in [0.25, 0.3) is 6.08 Å². The Kier molecular flexibility index (Phi) is 7.01. The van der Waals surface area contributed by atoms with Crippen LogP contribution in [0, 0.1) is 0 Å². The van der Waals surface area contributed by atoms with Gasteiger partial charge >= 0.3 is 0 Å². The van der Waals surface area contributed by atoms with Crippen molar-refractivity contribution in [2.45, 2.75) is 6.42 Å². The Hall–Kier alpha value is -2.64. The highest BCUT2D eigenvalue weighted by atomic mass is 32.1. The summed E-state index contributed by atoms with van der Waals surface area (Å²) in [5, 5.41) is 1.94. The molecule has 6 nitrogen and oxygen atoms in total. The van der Waals surface area contributed by atoms with E-state index >= 15 is 0 Å². The molecule has 1 saturated heterocycles. The molecule has 3 rings (SSSR count). The number of hydrogen-bond acceptors (Lipinski definition) is 5. The van der Waals surface area contributed by atoms with E-state index in [4.69, 9.17) is 0 Å². The molecule has 7 heteroatoms. The van der Waals surface area contributed by atoms with Crippen LogP contribution in [-0.2, 0) is 9.59 Å². The molecule has 0 radical (unpaired) electrons. The van der Waals surface area contributed by atoms with Gasteiger partial charge in [-0.05, 0) is 29.7 Å². The molecule has 0 atom stereocenters. The molecule has 1 aromatic heterocycles. The topological polar surface area (TPSA) is 64.7 Å². The van der Waals surface area contributed by atoms with Gasteiger partial charge in [-0.25, -0.2) is 0 Å². The van der Waals surface area contributed by atoms with Crippen LogP contribution in [0.3, 0.4) is 0 Å². The van der Waals surface area contributed by atoms with Crippen molar-refractivity contribution in [3.05, 3.63) is 58.8 Å². The fourth-order valence-electron chi connectivity index (χ4n) is 2.91. The summed E-state index contributed by atoms with van der Waals surface area (Å²) < 4.78 is 0. The second-order valence-electron chi connectivity index (χ2n) is 6.30. The lowest BCUT2D eigenvalue weighted by Gasteiger charge is -2.36. The molecule has 2 heterocycles. The number of hydrazine groups is 1. The number of thiophene rings is 1. The van der Waals surface area contributed by atoms with E-state index in [1.54, 1.807) is 17.4 Å². The molecule has 2 amide bonds. The Balaban J connectivity index is 1.31. The van der Waals surface area contributed by atoms with Crippen LogP contribution in [0.2, 0.25) is 0 Å². The quantitative estimate of drug-likeness (QED) is 0.592. The lowest BCUT2D eigenvalue weighted by Crippen LogP contribution is -2.48. The standard InChI is InChI=1S/C20H24N4O2S/c25-19(9-8-18-7-4-16-27-18)21-22-20(26)10-11-23-12-14-24(15-13-23)17-5-2-1-3-6-17/h1-9,16H,10-15H2,(H,21,25)(H,22,26)/b9-8+. The molecule has 0 spiro atoms. The smallest absolute Gasteiger partial charge is 0.262 e. The van der Waals surface area contributed by atoms with E-state index in [0.29, 0.717) is 13.0 Å². The molecule has 0 bridgehead atoms. The van der Waals surface area contributed by atoms with Crippen LogP contribution in [0.4, 0.5) is 5.69 Å². The van der Waals surface area contributed by atoms with Crippen LogP contribution < -0.4 is 15.8 Å². The van der Waals surface area contributed by atoms with Gasteiger partial charge in [0.1, 0.15) is 0 Å². The minimum absolute atomic E-state index is 0.182. The fourth-order valence-corrected chi connectivity index (χ4v) is 3.53. The number of anilines is 1. The molecule has 0 unspecified atom stereocenters. The Morgan fingerprint density at radius 3 is 2.48 bits per heavy atom. The predicted octanol–water partition coefficient (Wildman–Crippen LogP) is 2.12. The summed E-state index contributed by atoms with van der Waals surface area (Å²) in [7, 11) is 0. The number of hydrogen-bond donors (Lipinski definition) is 2. The van der Waals surface area contributed by atoms with Crippen LogP contribution >= 0.6 is 11.3 Å². The van der Waals surface area contributed by atoms with Gasteiger partial charge in [0, 0.05) is 55.8 Å². The average Bonchev–Trinajstić information content (AvgIpc) is 3.24. The molecule has 0 saturated carbocycles. The number of amides is 2. The van der Waals surface area contributed by atoms with Crippen molar-refractivity contribution in [2.24, 2.45) is 0 Å². The van der Waals surface area contributed by atoms with Crippen molar-refractivity contribution in [3.8, 4) is 0 Å². The lowest BCUT2D eigenvalue weighted by molar-refractivity contribution is -0.127. The summed E-state index contributed by atoms with van der Waals surface area (Å²) in [5.74, 6) is -0.522. The van der Waals surface area contributed by atoms with E-state index in [1.807, 2.05) is 23.6 Å². The number of nitrogens with one attached hydrogen (secondary N) is 2. The largest absolute Gasteiger partial charge is 0.369 e. The minimum atomic E-state index is -0.340. The second-order valence-corrected chi connectivity index (χ2v) is 7.28. The molecule has 2 N–H and O–H groups in total. The first kappa shape index (κ1) is 19.1. The van der Waals surface area contributed by atoms with Gasteiger partial charge in [-0.2, -0.15) is 0 Å². The van der Waals surface area contributed by atoms with Crippen LogP contribution in [0.5, 0.6) is 0 Å². The van der Waals surface area contributed by atoms with Crippen molar-refractivity contribution in [2.75, 3.05) is 37.6 Å². The van der Waals surface area contributed by atoms with E-state index in [2.05, 4.69) is 44.9 Å². The molecule has 0 aliphatic carbocycles. The SMILES string of the molecule is O=C(/C=C/c1cccs1)NNC(=O)CCN1CCN(c2ccccc2)CC1. The van der Waals surface area contributed by atoms with Crippen molar-refractivity contribution in [3.63, 3.8) is 0 Å². The van der Waals surface area contributed by atoms with Crippen LogP contribution in [0.1, 0.15) is 11.3 Å². The molecule has 1 aliphatic heterocycles. The van der Waals surface area contributed by atoms with Crippen molar-refractivity contribution < 1.29 is 9.59 Å². The Labute approximate surface area is 163 Å². The summed E-state index contributed by atoms with van der Waals surface area (Å²) in [4.78, 5) is 29.2. The maximum atomic E-state index is 11.9.